The van der Waals surface area contributed by atoms with Gasteiger partial charge in [-0.25, -0.2) is 0 Å². The molecular formula is C14H21NOS2. The van der Waals surface area contributed by atoms with E-state index < -0.39 is 0 Å². The zero-order valence-electron chi connectivity index (χ0n) is 10.9. The smallest absolute Gasteiger partial charge is 0.222 e. The summed E-state index contributed by atoms with van der Waals surface area (Å²) in [6, 6.07) is 2.12. The number of rotatable bonds is 4. The lowest BCUT2D eigenvalue weighted by Gasteiger charge is -2.23. The average molecular weight is 283 g/mol. The number of thioether (sulfide) groups is 1. The maximum atomic E-state index is 12.2. The first kappa shape index (κ1) is 13.9. The molecule has 0 aliphatic carbocycles. The fourth-order valence-electron chi connectivity index (χ4n) is 2.37. The van der Waals surface area contributed by atoms with Crippen molar-refractivity contribution in [3.05, 3.63) is 22.4 Å². The third-order valence-electron chi connectivity index (χ3n) is 3.52. The fraction of sp³-hybridized carbons (Fsp3) is 0.643. The second-order valence-electron chi connectivity index (χ2n) is 4.82. The number of aryl methyl sites for hydroxylation is 1. The SMILES string of the molecule is CSC1CCCCN(C(=O)CCc2ccsc2)C1. The van der Waals surface area contributed by atoms with E-state index in [1.54, 1.807) is 11.3 Å². The van der Waals surface area contributed by atoms with Crippen molar-refractivity contribution in [2.45, 2.75) is 37.4 Å². The molecule has 1 unspecified atom stereocenters. The molecule has 0 radical (unpaired) electrons. The Kier molecular flexibility index (Phi) is 5.57. The fourth-order valence-corrected chi connectivity index (χ4v) is 3.80. The highest BCUT2D eigenvalue weighted by Crippen LogP contribution is 2.21. The number of likely N-dealkylation sites (tertiary alicyclic amines) is 1. The van der Waals surface area contributed by atoms with Gasteiger partial charge in [0.25, 0.3) is 0 Å². The maximum absolute atomic E-state index is 12.2. The molecule has 0 aromatic carbocycles. The molecule has 2 rings (SSSR count). The summed E-state index contributed by atoms with van der Waals surface area (Å²) in [6.07, 6.45) is 7.40. The van der Waals surface area contributed by atoms with Crippen LogP contribution in [0.3, 0.4) is 0 Å². The molecule has 100 valence electrons. The van der Waals surface area contributed by atoms with Gasteiger partial charge >= 0.3 is 0 Å². The van der Waals surface area contributed by atoms with Crippen molar-refractivity contribution in [3.8, 4) is 0 Å². The predicted octanol–water partition coefficient (Wildman–Crippen LogP) is 3.42. The monoisotopic (exact) mass is 283 g/mol. The van der Waals surface area contributed by atoms with Crippen LogP contribution in [0.5, 0.6) is 0 Å². The first-order valence-corrected chi connectivity index (χ1v) is 8.84. The lowest BCUT2D eigenvalue weighted by molar-refractivity contribution is -0.131. The van der Waals surface area contributed by atoms with E-state index in [2.05, 4.69) is 28.0 Å². The Hall–Kier alpha value is -0.480. The zero-order valence-corrected chi connectivity index (χ0v) is 12.6. The number of hydrogen-bond acceptors (Lipinski definition) is 3. The molecule has 0 saturated carbocycles. The van der Waals surface area contributed by atoms with Crippen LogP contribution in [0.1, 0.15) is 31.2 Å². The molecule has 1 atom stereocenters. The molecule has 1 amide bonds. The molecule has 0 N–H and O–H groups in total. The van der Waals surface area contributed by atoms with Gasteiger partial charge in [-0.2, -0.15) is 23.1 Å². The van der Waals surface area contributed by atoms with E-state index >= 15 is 0 Å². The minimum absolute atomic E-state index is 0.335. The van der Waals surface area contributed by atoms with Gasteiger partial charge in [0.05, 0.1) is 0 Å². The van der Waals surface area contributed by atoms with Crippen LogP contribution in [0, 0.1) is 0 Å². The Balaban J connectivity index is 1.83. The van der Waals surface area contributed by atoms with E-state index in [0.29, 0.717) is 17.6 Å². The van der Waals surface area contributed by atoms with Gasteiger partial charge in [-0.05, 0) is 47.9 Å². The maximum Gasteiger partial charge on any atom is 0.222 e. The van der Waals surface area contributed by atoms with Crippen LogP contribution in [-0.4, -0.2) is 35.4 Å². The topological polar surface area (TPSA) is 20.3 Å². The van der Waals surface area contributed by atoms with E-state index in [1.165, 1.54) is 24.8 Å². The van der Waals surface area contributed by atoms with Crippen molar-refractivity contribution in [3.63, 3.8) is 0 Å². The van der Waals surface area contributed by atoms with Gasteiger partial charge < -0.3 is 4.90 Å². The summed E-state index contributed by atoms with van der Waals surface area (Å²) < 4.78 is 0. The van der Waals surface area contributed by atoms with Crippen molar-refractivity contribution in [1.29, 1.82) is 0 Å². The molecule has 1 aliphatic heterocycles. The Bertz CT molecular complexity index is 364. The number of carbonyl (C=O) groups excluding carboxylic acids is 1. The van der Waals surface area contributed by atoms with Crippen LogP contribution in [0.4, 0.5) is 0 Å². The molecule has 2 heterocycles. The Morgan fingerprint density at radius 2 is 2.44 bits per heavy atom. The largest absolute Gasteiger partial charge is 0.342 e. The van der Waals surface area contributed by atoms with E-state index in [1.807, 2.05) is 11.8 Å². The summed E-state index contributed by atoms with van der Waals surface area (Å²) in [4.78, 5) is 14.3. The highest BCUT2D eigenvalue weighted by atomic mass is 32.2. The van der Waals surface area contributed by atoms with Crippen molar-refractivity contribution in [2.24, 2.45) is 0 Å². The summed E-state index contributed by atoms with van der Waals surface area (Å²) in [5.74, 6) is 0.335. The molecule has 0 spiro atoms. The molecular weight excluding hydrogens is 262 g/mol. The van der Waals surface area contributed by atoms with Crippen LogP contribution >= 0.6 is 23.1 Å². The van der Waals surface area contributed by atoms with Gasteiger partial charge in [-0.1, -0.05) is 6.42 Å². The summed E-state index contributed by atoms with van der Waals surface area (Å²) >= 11 is 3.61. The van der Waals surface area contributed by atoms with Gasteiger partial charge in [0, 0.05) is 24.8 Å². The van der Waals surface area contributed by atoms with Crippen molar-refractivity contribution >= 4 is 29.0 Å². The summed E-state index contributed by atoms with van der Waals surface area (Å²) in [5, 5.41) is 4.85. The lowest BCUT2D eigenvalue weighted by atomic mass is 10.2. The second kappa shape index (κ2) is 7.19. The van der Waals surface area contributed by atoms with Crippen LogP contribution in [0.2, 0.25) is 0 Å². The van der Waals surface area contributed by atoms with Gasteiger partial charge in [0.1, 0.15) is 0 Å². The number of hydrogen-bond donors (Lipinski definition) is 0. The van der Waals surface area contributed by atoms with Crippen LogP contribution < -0.4 is 0 Å². The number of thiophene rings is 1. The predicted molar refractivity (Wildman–Crippen MR) is 80.4 cm³/mol. The minimum Gasteiger partial charge on any atom is -0.342 e. The van der Waals surface area contributed by atoms with E-state index in [4.69, 9.17) is 0 Å². The average Bonchev–Trinajstić information content (AvgIpc) is 2.79. The number of carbonyl (C=O) groups is 1. The lowest BCUT2D eigenvalue weighted by Crippen LogP contribution is -2.35. The second-order valence-corrected chi connectivity index (χ2v) is 6.74. The van der Waals surface area contributed by atoms with Crippen molar-refractivity contribution in [1.82, 2.24) is 4.90 Å². The molecule has 4 heteroatoms. The van der Waals surface area contributed by atoms with E-state index in [-0.39, 0.29) is 0 Å². The third-order valence-corrected chi connectivity index (χ3v) is 5.31. The summed E-state index contributed by atoms with van der Waals surface area (Å²) in [7, 11) is 0. The van der Waals surface area contributed by atoms with Gasteiger partial charge in [-0.15, -0.1) is 0 Å². The van der Waals surface area contributed by atoms with Gasteiger partial charge in [0.2, 0.25) is 5.91 Å². The van der Waals surface area contributed by atoms with Crippen LogP contribution in [-0.2, 0) is 11.2 Å². The molecule has 2 nitrogen and oxygen atoms in total. The molecule has 18 heavy (non-hydrogen) atoms. The van der Waals surface area contributed by atoms with Crippen molar-refractivity contribution in [2.75, 3.05) is 19.3 Å². The Morgan fingerprint density at radius 1 is 1.56 bits per heavy atom. The summed E-state index contributed by atoms with van der Waals surface area (Å²) in [6.45, 7) is 1.91. The Morgan fingerprint density at radius 3 is 3.17 bits per heavy atom. The first-order chi connectivity index (χ1) is 8.79. The molecule has 0 bridgehead atoms. The van der Waals surface area contributed by atoms with Crippen LogP contribution in [0.15, 0.2) is 16.8 Å². The molecule has 1 saturated heterocycles. The van der Waals surface area contributed by atoms with Gasteiger partial charge in [-0.3, -0.25) is 4.79 Å². The first-order valence-electron chi connectivity index (χ1n) is 6.61. The normalized spacial score (nSPS) is 20.7. The van der Waals surface area contributed by atoms with E-state index in [0.717, 1.165) is 19.5 Å². The standard InChI is InChI=1S/C14H21NOS2/c1-17-13-4-2-3-8-15(10-13)14(16)6-5-12-7-9-18-11-12/h7,9,11,13H,2-6,8,10H2,1H3. The zero-order chi connectivity index (χ0) is 12.8. The quantitative estimate of drug-likeness (QED) is 0.844. The third kappa shape index (κ3) is 4.02. The van der Waals surface area contributed by atoms with E-state index in [9.17, 15) is 4.79 Å². The molecule has 1 fully saturated rings. The minimum atomic E-state index is 0.335. The number of amides is 1. The number of nitrogens with zero attached hydrogens (tertiary/aromatic N) is 1. The highest BCUT2D eigenvalue weighted by Gasteiger charge is 2.20. The Labute approximate surface area is 118 Å². The van der Waals surface area contributed by atoms with Gasteiger partial charge in [0.15, 0.2) is 0 Å². The molecule has 1 aliphatic rings. The molecule has 1 aromatic rings. The molecule has 1 aromatic heterocycles. The highest BCUT2D eigenvalue weighted by molar-refractivity contribution is 7.99. The van der Waals surface area contributed by atoms with Crippen LogP contribution in [0.25, 0.3) is 0 Å². The summed E-state index contributed by atoms with van der Waals surface area (Å²) in [5.41, 5.74) is 1.30. The van der Waals surface area contributed by atoms with Crippen molar-refractivity contribution < 1.29 is 4.79 Å².